The quantitative estimate of drug-likeness (QED) is 0.547. The number of aromatic nitrogens is 1. The van der Waals surface area contributed by atoms with Crippen molar-refractivity contribution in [3.63, 3.8) is 0 Å². The van der Waals surface area contributed by atoms with Crippen LogP contribution in [0.25, 0.3) is 0 Å². The van der Waals surface area contributed by atoms with Crippen LogP contribution in [0.15, 0.2) is 76.7 Å². The molecule has 0 saturated carbocycles. The number of halogens is 3. The highest BCUT2D eigenvalue weighted by Gasteiger charge is 2.30. The van der Waals surface area contributed by atoms with Crippen LogP contribution in [-0.4, -0.2) is 34.6 Å². The lowest BCUT2D eigenvalue weighted by atomic mass is 10.1. The van der Waals surface area contributed by atoms with Gasteiger partial charge >= 0.3 is 6.18 Å². The highest BCUT2D eigenvalue weighted by molar-refractivity contribution is 7.85. The van der Waals surface area contributed by atoms with Gasteiger partial charge in [-0.15, -0.1) is 0 Å². The minimum Gasteiger partial charge on any atom is -0.354 e. The minimum absolute atomic E-state index is 0.0794. The summed E-state index contributed by atoms with van der Waals surface area (Å²) in [6.45, 7) is 0.182. The first-order chi connectivity index (χ1) is 15.7. The van der Waals surface area contributed by atoms with Gasteiger partial charge in [-0.25, -0.2) is 4.21 Å². The second kappa shape index (κ2) is 10.4. The zero-order valence-corrected chi connectivity index (χ0v) is 18.3. The molecule has 172 valence electrons. The van der Waals surface area contributed by atoms with Crippen LogP contribution >= 0.6 is 0 Å². The van der Waals surface area contributed by atoms with Crippen molar-refractivity contribution in [3.05, 3.63) is 89.2 Å². The van der Waals surface area contributed by atoms with Gasteiger partial charge in [-0.05, 0) is 54.4 Å². The Morgan fingerprint density at radius 3 is 2.42 bits per heavy atom. The van der Waals surface area contributed by atoms with Crippen LogP contribution in [0.5, 0.6) is 0 Å². The number of rotatable bonds is 7. The number of pyridine rings is 1. The van der Waals surface area contributed by atoms with Gasteiger partial charge < -0.3 is 10.6 Å². The largest absolute Gasteiger partial charge is 0.416 e. The summed E-state index contributed by atoms with van der Waals surface area (Å²) in [6, 6.07) is 14.1. The van der Waals surface area contributed by atoms with E-state index >= 15 is 0 Å². The van der Waals surface area contributed by atoms with Crippen LogP contribution in [0.1, 0.15) is 32.0 Å². The van der Waals surface area contributed by atoms with E-state index in [2.05, 4.69) is 15.6 Å². The molecule has 0 aliphatic rings. The van der Waals surface area contributed by atoms with Crippen LogP contribution in [0.3, 0.4) is 0 Å². The number of hydrogen-bond donors (Lipinski definition) is 2. The van der Waals surface area contributed by atoms with Crippen molar-refractivity contribution in [1.29, 1.82) is 0 Å². The molecule has 33 heavy (non-hydrogen) atoms. The maximum absolute atomic E-state index is 12.9. The summed E-state index contributed by atoms with van der Waals surface area (Å²) in [7, 11) is -0.0799. The zero-order chi connectivity index (χ0) is 24.0. The molecule has 3 rings (SSSR count). The molecule has 2 aromatic carbocycles. The Labute approximate surface area is 190 Å². The number of amides is 2. The lowest BCUT2D eigenvalue weighted by Gasteiger charge is -2.10. The van der Waals surface area contributed by atoms with Crippen LogP contribution in [0.4, 0.5) is 13.2 Å². The lowest BCUT2D eigenvalue weighted by molar-refractivity contribution is -0.137. The van der Waals surface area contributed by atoms with Crippen LogP contribution in [-0.2, 0) is 23.4 Å². The Morgan fingerprint density at radius 1 is 0.970 bits per heavy atom. The number of carbonyl (C=O) groups excluding carboxylic acids is 2. The van der Waals surface area contributed by atoms with Crippen molar-refractivity contribution in [3.8, 4) is 0 Å². The number of nitrogens with one attached hydrogen (secondary N) is 2. The summed E-state index contributed by atoms with van der Waals surface area (Å²) >= 11 is 0. The van der Waals surface area contributed by atoms with Crippen molar-refractivity contribution in [1.82, 2.24) is 15.6 Å². The standard InChI is InChI=1S/C23H20F3N3O3S/c1-27-22(31)20-14-19(9-11-28-20)33(32)18-7-2-4-15(12-18)8-10-29-21(30)16-5-3-6-17(13-16)23(24,25)26/h2-7,9,11-14H,8,10H2,1H3,(H,27,31)(H,29,30). The van der Waals surface area contributed by atoms with E-state index in [-0.39, 0.29) is 23.7 Å². The molecule has 1 atom stereocenters. The molecule has 0 saturated heterocycles. The molecule has 0 spiro atoms. The molecule has 6 nitrogen and oxygen atoms in total. The molecular formula is C23H20F3N3O3S. The smallest absolute Gasteiger partial charge is 0.354 e. The van der Waals surface area contributed by atoms with Crippen molar-refractivity contribution in [2.24, 2.45) is 0 Å². The van der Waals surface area contributed by atoms with E-state index in [1.807, 2.05) is 0 Å². The zero-order valence-electron chi connectivity index (χ0n) is 17.5. The van der Waals surface area contributed by atoms with Gasteiger partial charge in [0.15, 0.2) is 0 Å². The number of alkyl halides is 3. The van der Waals surface area contributed by atoms with E-state index < -0.39 is 28.4 Å². The molecular weight excluding hydrogens is 455 g/mol. The topological polar surface area (TPSA) is 88.2 Å². The fourth-order valence-electron chi connectivity index (χ4n) is 2.99. The van der Waals surface area contributed by atoms with Crippen LogP contribution in [0.2, 0.25) is 0 Å². The number of carbonyl (C=O) groups is 2. The van der Waals surface area contributed by atoms with Gasteiger partial charge in [-0.2, -0.15) is 13.2 Å². The van der Waals surface area contributed by atoms with Crippen molar-refractivity contribution < 1.29 is 27.0 Å². The van der Waals surface area contributed by atoms with E-state index in [9.17, 15) is 27.0 Å². The normalized spacial score (nSPS) is 12.1. The summed E-state index contributed by atoms with van der Waals surface area (Å²) in [4.78, 5) is 28.9. The minimum atomic E-state index is -4.53. The molecule has 2 N–H and O–H groups in total. The van der Waals surface area contributed by atoms with Crippen molar-refractivity contribution >= 4 is 22.6 Å². The average Bonchev–Trinajstić information content (AvgIpc) is 2.82. The summed E-state index contributed by atoms with van der Waals surface area (Å²) in [5.41, 5.74) is -0.0344. The molecule has 0 bridgehead atoms. The molecule has 0 aliphatic heterocycles. The molecule has 0 radical (unpaired) electrons. The number of hydrogen-bond acceptors (Lipinski definition) is 4. The summed E-state index contributed by atoms with van der Waals surface area (Å²) in [6.07, 6.45) is -2.73. The highest BCUT2D eigenvalue weighted by atomic mass is 32.2. The molecule has 0 aliphatic carbocycles. The Morgan fingerprint density at radius 2 is 1.70 bits per heavy atom. The predicted molar refractivity (Wildman–Crippen MR) is 116 cm³/mol. The lowest BCUT2D eigenvalue weighted by Crippen LogP contribution is -2.26. The Kier molecular flexibility index (Phi) is 7.59. The SMILES string of the molecule is CNC(=O)c1cc(S(=O)c2cccc(CCNC(=O)c3cccc(C(F)(F)F)c3)c2)ccn1. The average molecular weight is 475 g/mol. The first-order valence-electron chi connectivity index (χ1n) is 9.83. The Balaban J connectivity index is 1.65. The molecule has 2 amide bonds. The van der Waals surface area contributed by atoms with Gasteiger partial charge in [0.05, 0.1) is 16.4 Å². The number of benzene rings is 2. The van der Waals surface area contributed by atoms with E-state index in [4.69, 9.17) is 0 Å². The van der Waals surface area contributed by atoms with E-state index in [1.54, 1.807) is 30.3 Å². The molecule has 1 aromatic heterocycles. The third kappa shape index (κ3) is 6.26. The van der Waals surface area contributed by atoms with Gasteiger partial charge in [-0.1, -0.05) is 18.2 Å². The Hall–Kier alpha value is -3.53. The monoisotopic (exact) mass is 475 g/mol. The maximum Gasteiger partial charge on any atom is 0.416 e. The van der Waals surface area contributed by atoms with E-state index in [1.165, 1.54) is 31.4 Å². The first kappa shape index (κ1) is 24.1. The molecule has 10 heteroatoms. The fraction of sp³-hybridized carbons (Fsp3) is 0.174. The third-order valence-corrected chi connectivity index (χ3v) is 6.03. The van der Waals surface area contributed by atoms with Gasteiger partial charge in [0.2, 0.25) is 0 Å². The molecule has 1 heterocycles. The molecule has 3 aromatic rings. The molecule has 1 unspecified atom stereocenters. The summed E-state index contributed by atoms with van der Waals surface area (Å²) in [5, 5.41) is 5.06. The Bertz CT molecular complexity index is 1200. The first-order valence-corrected chi connectivity index (χ1v) is 11.0. The molecule has 0 fully saturated rings. The van der Waals surface area contributed by atoms with Gasteiger partial charge in [0.25, 0.3) is 11.8 Å². The summed E-state index contributed by atoms with van der Waals surface area (Å²) < 4.78 is 51.4. The van der Waals surface area contributed by atoms with E-state index in [0.717, 1.165) is 17.7 Å². The van der Waals surface area contributed by atoms with Crippen LogP contribution < -0.4 is 10.6 Å². The van der Waals surface area contributed by atoms with Gasteiger partial charge in [0.1, 0.15) is 5.69 Å². The third-order valence-electron chi connectivity index (χ3n) is 4.67. The van der Waals surface area contributed by atoms with Crippen molar-refractivity contribution in [2.75, 3.05) is 13.6 Å². The maximum atomic E-state index is 12.9. The fourth-order valence-corrected chi connectivity index (χ4v) is 4.13. The van der Waals surface area contributed by atoms with Crippen molar-refractivity contribution in [2.45, 2.75) is 22.4 Å². The van der Waals surface area contributed by atoms with Gasteiger partial charge in [-0.3, -0.25) is 14.6 Å². The van der Waals surface area contributed by atoms with Gasteiger partial charge in [0, 0.05) is 35.1 Å². The predicted octanol–water partition coefficient (Wildman–Crippen LogP) is 3.60. The van der Waals surface area contributed by atoms with E-state index in [0.29, 0.717) is 16.2 Å². The second-order valence-electron chi connectivity index (χ2n) is 6.96. The van der Waals surface area contributed by atoms with Crippen LogP contribution in [0, 0.1) is 0 Å². The highest BCUT2D eigenvalue weighted by Crippen LogP contribution is 2.29. The summed E-state index contributed by atoms with van der Waals surface area (Å²) in [5.74, 6) is -1.00. The number of nitrogens with zero attached hydrogens (tertiary/aromatic N) is 1. The second-order valence-corrected chi connectivity index (χ2v) is 8.44.